The third-order valence-electron chi connectivity index (χ3n) is 1.96. The summed E-state index contributed by atoms with van der Waals surface area (Å²) in [6, 6.07) is 0. The van der Waals surface area contributed by atoms with E-state index in [4.69, 9.17) is 14.2 Å². The van der Waals surface area contributed by atoms with E-state index >= 15 is 0 Å². The summed E-state index contributed by atoms with van der Waals surface area (Å²) < 4.78 is 14.5. The molecule has 0 bridgehead atoms. The molecule has 14 heavy (non-hydrogen) atoms. The van der Waals surface area contributed by atoms with Crippen LogP contribution in [0.25, 0.3) is 0 Å². The van der Waals surface area contributed by atoms with Gasteiger partial charge < -0.3 is 24.4 Å². The fourth-order valence-electron chi connectivity index (χ4n) is 1.32. The van der Waals surface area contributed by atoms with Crippen LogP contribution in [0.5, 0.6) is 0 Å². The summed E-state index contributed by atoms with van der Waals surface area (Å²) in [5.74, 6) is -0.565. The molecule has 0 aliphatic carbocycles. The van der Waals surface area contributed by atoms with Crippen molar-refractivity contribution in [2.24, 2.45) is 0 Å². The molecule has 1 heterocycles. The van der Waals surface area contributed by atoms with E-state index in [1.165, 1.54) is 14.0 Å². The number of hydrogen-bond acceptors (Lipinski definition) is 6. The minimum absolute atomic E-state index is 0.0342. The molecule has 0 saturated carbocycles. The van der Waals surface area contributed by atoms with Crippen LogP contribution in [0.1, 0.15) is 6.92 Å². The number of methoxy groups -OCH3 is 1. The molecule has 1 aliphatic rings. The van der Waals surface area contributed by atoms with Gasteiger partial charge in [-0.2, -0.15) is 0 Å². The number of aliphatic hydroxyl groups excluding tert-OH is 2. The van der Waals surface area contributed by atoms with Gasteiger partial charge in [-0.25, -0.2) is 0 Å². The van der Waals surface area contributed by atoms with Gasteiger partial charge in [-0.3, -0.25) is 4.79 Å². The van der Waals surface area contributed by atoms with Gasteiger partial charge in [0.05, 0.1) is 6.61 Å². The normalized spacial score (nSPS) is 38.0. The molecule has 1 rings (SSSR count). The Hall–Kier alpha value is -0.690. The molecule has 0 spiro atoms. The first-order chi connectivity index (χ1) is 6.56. The third-order valence-corrected chi connectivity index (χ3v) is 1.96. The van der Waals surface area contributed by atoms with Gasteiger partial charge in [0.25, 0.3) is 0 Å². The minimum Gasteiger partial charge on any atom is -0.457 e. The topological polar surface area (TPSA) is 85.2 Å². The number of carbonyl (C=O) groups is 1. The van der Waals surface area contributed by atoms with Crippen LogP contribution in [0.3, 0.4) is 0 Å². The number of rotatable bonds is 2. The van der Waals surface area contributed by atoms with E-state index in [1.54, 1.807) is 0 Å². The van der Waals surface area contributed by atoms with Gasteiger partial charge in [-0.05, 0) is 0 Å². The molecule has 1 saturated heterocycles. The van der Waals surface area contributed by atoms with Crippen LogP contribution in [0.4, 0.5) is 0 Å². The Balaban J connectivity index is 2.63. The molecular weight excluding hydrogens is 192 g/mol. The van der Waals surface area contributed by atoms with E-state index in [9.17, 15) is 15.0 Å². The summed E-state index contributed by atoms with van der Waals surface area (Å²) >= 11 is 0. The van der Waals surface area contributed by atoms with Gasteiger partial charge in [-0.15, -0.1) is 0 Å². The Kier molecular flexibility index (Phi) is 3.82. The largest absolute Gasteiger partial charge is 0.457 e. The zero-order valence-electron chi connectivity index (χ0n) is 8.04. The lowest BCUT2D eigenvalue weighted by molar-refractivity contribution is -0.266. The molecule has 0 aromatic carbocycles. The van der Waals surface area contributed by atoms with Gasteiger partial charge >= 0.3 is 5.97 Å². The van der Waals surface area contributed by atoms with E-state index in [1.807, 2.05) is 0 Å². The van der Waals surface area contributed by atoms with Crippen molar-refractivity contribution in [2.75, 3.05) is 13.7 Å². The maximum absolute atomic E-state index is 10.7. The SMILES string of the molecule is CO[C@@H]1OC[C@H](O)[C@H](OC(C)=O)[C@H]1O. The predicted molar refractivity (Wildman–Crippen MR) is 44.3 cm³/mol. The fourth-order valence-corrected chi connectivity index (χ4v) is 1.32. The highest BCUT2D eigenvalue weighted by atomic mass is 16.7. The van der Waals surface area contributed by atoms with E-state index in [0.29, 0.717) is 0 Å². The number of carbonyl (C=O) groups excluding carboxylic acids is 1. The predicted octanol–water partition coefficient (Wildman–Crippen LogP) is -1.36. The molecule has 0 amide bonds. The fraction of sp³-hybridized carbons (Fsp3) is 0.875. The highest BCUT2D eigenvalue weighted by Gasteiger charge is 2.41. The molecule has 4 atom stereocenters. The van der Waals surface area contributed by atoms with E-state index < -0.39 is 30.6 Å². The van der Waals surface area contributed by atoms with E-state index in [0.717, 1.165) is 0 Å². The van der Waals surface area contributed by atoms with Crippen molar-refractivity contribution in [2.45, 2.75) is 31.5 Å². The Morgan fingerprint density at radius 2 is 2.14 bits per heavy atom. The Morgan fingerprint density at radius 1 is 1.50 bits per heavy atom. The molecule has 6 heteroatoms. The first-order valence-corrected chi connectivity index (χ1v) is 4.24. The minimum atomic E-state index is -1.17. The molecular formula is C8H14O6. The van der Waals surface area contributed by atoms with Crippen molar-refractivity contribution in [3.8, 4) is 0 Å². The summed E-state index contributed by atoms with van der Waals surface area (Å²) in [6.45, 7) is 1.17. The zero-order valence-corrected chi connectivity index (χ0v) is 8.04. The Morgan fingerprint density at radius 3 is 2.64 bits per heavy atom. The number of esters is 1. The van der Waals surface area contributed by atoms with Crippen LogP contribution >= 0.6 is 0 Å². The van der Waals surface area contributed by atoms with E-state index in [-0.39, 0.29) is 6.61 Å². The van der Waals surface area contributed by atoms with Crippen molar-refractivity contribution in [1.82, 2.24) is 0 Å². The van der Waals surface area contributed by atoms with Crippen molar-refractivity contribution in [3.63, 3.8) is 0 Å². The summed E-state index contributed by atoms with van der Waals surface area (Å²) in [5.41, 5.74) is 0. The lowest BCUT2D eigenvalue weighted by atomic mass is 10.1. The Labute approximate surface area is 81.4 Å². The monoisotopic (exact) mass is 206 g/mol. The van der Waals surface area contributed by atoms with Crippen LogP contribution < -0.4 is 0 Å². The molecule has 0 aromatic rings. The van der Waals surface area contributed by atoms with Crippen LogP contribution in [0.2, 0.25) is 0 Å². The molecule has 6 nitrogen and oxygen atoms in total. The second kappa shape index (κ2) is 4.70. The summed E-state index contributed by atoms with van der Waals surface area (Å²) in [4.78, 5) is 10.7. The summed E-state index contributed by atoms with van der Waals surface area (Å²) in [7, 11) is 1.36. The van der Waals surface area contributed by atoms with Crippen molar-refractivity contribution < 1.29 is 29.2 Å². The van der Waals surface area contributed by atoms with Gasteiger partial charge in [-0.1, -0.05) is 0 Å². The lowest BCUT2D eigenvalue weighted by Crippen LogP contribution is -2.55. The third kappa shape index (κ3) is 2.42. The highest BCUT2D eigenvalue weighted by Crippen LogP contribution is 2.18. The molecule has 0 radical (unpaired) electrons. The second-order valence-electron chi connectivity index (χ2n) is 3.07. The maximum Gasteiger partial charge on any atom is 0.303 e. The van der Waals surface area contributed by atoms with Crippen LogP contribution in [-0.4, -0.2) is 54.5 Å². The molecule has 0 aromatic heterocycles. The standard InChI is InChI=1S/C8H14O6/c1-4(9)14-7-5(10)3-13-8(12-2)6(7)11/h5-8,10-11H,3H2,1-2H3/t5-,6+,7-,8+/m0/s1. The Bertz CT molecular complexity index is 206. The molecule has 2 N–H and O–H groups in total. The first-order valence-electron chi connectivity index (χ1n) is 4.24. The summed E-state index contributed by atoms with van der Waals surface area (Å²) in [5, 5.41) is 18.9. The quantitative estimate of drug-likeness (QED) is 0.543. The second-order valence-corrected chi connectivity index (χ2v) is 3.07. The van der Waals surface area contributed by atoms with Crippen LogP contribution in [0.15, 0.2) is 0 Å². The van der Waals surface area contributed by atoms with Crippen molar-refractivity contribution in [1.29, 1.82) is 0 Å². The van der Waals surface area contributed by atoms with Crippen molar-refractivity contribution >= 4 is 5.97 Å². The first kappa shape index (κ1) is 11.4. The lowest BCUT2D eigenvalue weighted by Gasteiger charge is -2.36. The van der Waals surface area contributed by atoms with Gasteiger partial charge in [0.1, 0.15) is 12.2 Å². The van der Waals surface area contributed by atoms with Crippen LogP contribution in [0, 0.1) is 0 Å². The maximum atomic E-state index is 10.7. The van der Waals surface area contributed by atoms with Gasteiger partial charge in [0.2, 0.25) is 0 Å². The van der Waals surface area contributed by atoms with E-state index in [2.05, 4.69) is 0 Å². The van der Waals surface area contributed by atoms with Crippen molar-refractivity contribution in [3.05, 3.63) is 0 Å². The smallest absolute Gasteiger partial charge is 0.303 e. The average Bonchev–Trinajstić information content (AvgIpc) is 2.12. The van der Waals surface area contributed by atoms with Gasteiger partial charge in [0.15, 0.2) is 12.4 Å². The average molecular weight is 206 g/mol. The van der Waals surface area contributed by atoms with Gasteiger partial charge in [0, 0.05) is 14.0 Å². The molecule has 82 valence electrons. The number of aliphatic hydroxyl groups is 2. The number of ether oxygens (including phenoxy) is 3. The molecule has 0 unspecified atom stereocenters. The zero-order chi connectivity index (χ0) is 10.7. The highest BCUT2D eigenvalue weighted by molar-refractivity contribution is 5.66. The molecule has 1 aliphatic heterocycles. The number of hydrogen-bond donors (Lipinski definition) is 2. The van der Waals surface area contributed by atoms with Crippen LogP contribution in [-0.2, 0) is 19.0 Å². The molecule has 1 fully saturated rings. The summed E-state index contributed by atoms with van der Waals surface area (Å²) in [6.07, 6.45) is -4.07.